The molecule has 16 heavy (non-hydrogen) atoms. The number of aromatic nitrogens is 1. The van der Waals surface area contributed by atoms with Gasteiger partial charge >= 0.3 is 0 Å². The molecule has 0 bridgehead atoms. The van der Waals surface area contributed by atoms with Crippen LogP contribution in [0.1, 0.15) is 18.2 Å². The molecule has 5 heteroatoms. The van der Waals surface area contributed by atoms with Crippen LogP contribution in [0.2, 0.25) is 0 Å². The van der Waals surface area contributed by atoms with Crippen LogP contribution in [-0.4, -0.2) is 35.9 Å². The zero-order valence-corrected chi connectivity index (χ0v) is 8.90. The maximum atomic E-state index is 12.6. The van der Waals surface area contributed by atoms with E-state index in [0.29, 0.717) is 25.3 Å². The average Bonchev–Trinajstić information content (AvgIpc) is 2.31. The highest BCUT2D eigenvalue weighted by molar-refractivity contribution is 5.08. The number of rotatable bonds is 3. The van der Waals surface area contributed by atoms with E-state index in [1.165, 1.54) is 12.1 Å². The first-order valence-corrected chi connectivity index (χ1v) is 5.36. The van der Waals surface area contributed by atoms with E-state index < -0.39 is 11.9 Å². The summed E-state index contributed by atoms with van der Waals surface area (Å²) < 4.78 is 17.9. The van der Waals surface area contributed by atoms with Gasteiger partial charge in [0.25, 0.3) is 0 Å². The molecule has 2 N–H and O–H groups in total. The van der Waals surface area contributed by atoms with Gasteiger partial charge in [-0.1, -0.05) is 0 Å². The van der Waals surface area contributed by atoms with Crippen molar-refractivity contribution in [2.24, 2.45) is 0 Å². The van der Waals surface area contributed by atoms with Crippen molar-refractivity contribution < 1.29 is 14.2 Å². The first kappa shape index (κ1) is 11.4. The second-order valence-corrected chi connectivity index (χ2v) is 3.88. The number of ether oxygens (including phenoxy) is 1. The first-order valence-electron chi connectivity index (χ1n) is 5.36. The van der Waals surface area contributed by atoms with Gasteiger partial charge in [-0.3, -0.25) is 4.98 Å². The fourth-order valence-corrected chi connectivity index (χ4v) is 1.75. The normalized spacial score (nSPS) is 23.0. The van der Waals surface area contributed by atoms with Crippen LogP contribution < -0.4 is 5.32 Å². The smallest absolute Gasteiger partial charge is 0.141 e. The van der Waals surface area contributed by atoms with Crippen LogP contribution in [0.3, 0.4) is 0 Å². The molecule has 0 aliphatic carbocycles. The van der Waals surface area contributed by atoms with E-state index in [1.54, 1.807) is 0 Å². The number of hydrogen-bond acceptors (Lipinski definition) is 4. The number of pyridine rings is 1. The molecule has 1 fully saturated rings. The minimum absolute atomic E-state index is 0.135. The predicted molar refractivity (Wildman–Crippen MR) is 56.4 cm³/mol. The van der Waals surface area contributed by atoms with E-state index in [2.05, 4.69) is 10.3 Å². The summed E-state index contributed by atoms with van der Waals surface area (Å²) in [4.78, 5) is 3.85. The predicted octanol–water partition coefficient (Wildman–Crippen LogP) is 0.633. The number of aliphatic hydroxyl groups excluding tert-OH is 1. The van der Waals surface area contributed by atoms with Crippen LogP contribution in [-0.2, 0) is 4.74 Å². The van der Waals surface area contributed by atoms with Crippen LogP contribution in [0.5, 0.6) is 0 Å². The number of hydrogen-bond donors (Lipinski definition) is 2. The largest absolute Gasteiger partial charge is 0.387 e. The fourth-order valence-electron chi connectivity index (χ4n) is 1.75. The van der Waals surface area contributed by atoms with Crippen molar-refractivity contribution in [1.29, 1.82) is 0 Å². The third-order valence-electron chi connectivity index (χ3n) is 2.60. The maximum absolute atomic E-state index is 12.6. The molecule has 2 heterocycles. The molecule has 1 aromatic heterocycles. The molecule has 0 radical (unpaired) electrons. The zero-order valence-electron chi connectivity index (χ0n) is 8.90. The molecule has 0 spiro atoms. The molecule has 88 valence electrons. The van der Waals surface area contributed by atoms with Gasteiger partial charge in [0.05, 0.1) is 31.2 Å². The molecule has 0 amide bonds. The molecule has 2 rings (SSSR count). The molecular weight excluding hydrogens is 211 g/mol. The van der Waals surface area contributed by atoms with Gasteiger partial charge in [-0.05, 0) is 18.6 Å². The van der Waals surface area contributed by atoms with Crippen molar-refractivity contribution in [3.05, 3.63) is 29.8 Å². The lowest BCUT2D eigenvalue weighted by Crippen LogP contribution is -2.42. The maximum Gasteiger partial charge on any atom is 0.141 e. The molecule has 1 saturated heterocycles. The van der Waals surface area contributed by atoms with Gasteiger partial charge in [0, 0.05) is 12.6 Å². The second kappa shape index (κ2) is 5.34. The van der Waals surface area contributed by atoms with E-state index in [0.717, 1.165) is 12.7 Å². The van der Waals surface area contributed by atoms with Crippen LogP contribution >= 0.6 is 0 Å². The van der Waals surface area contributed by atoms with Gasteiger partial charge in [-0.2, -0.15) is 0 Å². The van der Waals surface area contributed by atoms with Crippen molar-refractivity contribution in [3.63, 3.8) is 0 Å². The summed E-state index contributed by atoms with van der Waals surface area (Å²) in [5.41, 5.74) is 0.494. The summed E-state index contributed by atoms with van der Waals surface area (Å²) in [5.74, 6) is -0.393. The molecular formula is C11H15FN2O2. The molecule has 1 aromatic rings. The Bertz CT molecular complexity index is 325. The molecule has 4 nitrogen and oxygen atoms in total. The van der Waals surface area contributed by atoms with Crippen LogP contribution in [0.25, 0.3) is 0 Å². The Hall–Kier alpha value is -1.04. The molecule has 0 saturated carbocycles. The lowest BCUT2D eigenvalue weighted by molar-refractivity contribution is 0.0510. The summed E-state index contributed by atoms with van der Waals surface area (Å²) in [6, 6.07) is 2.94. The van der Waals surface area contributed by atoms with Gasteiger partial charge in [-0.15, -0.1) is 0 Å². The van der Waals surface area contributed by atoms with E-state index in [9.17, 15) is 9.50 Å². The highest BCUT2D eigenvalue weighted by atomic mass is 19.1. The van der Waals surface area contributed by atoms with Crippen molar-refractivity contribution in [2.75, 3.05) is 19.8 Å². The Balaban J connectivity index is 1.91. The summed E-state index contributed by atoms with van der Waals surface area (Å²) in [7, 11) is 0. The third-order valence-corrected chi connectivity index (χ3v) is 2.60. The van der Waals surface area contributed by atoms with Crippen molar-refractivity contribution in [2.45, 2.75) is 18.6 Å². The van der Waals surface area contributed by atoms with E-state index in [-0.39, 0.29) is 6.04 Å². The van der Waals surface area contributed by atoms with Crippen molar-refractivity contribution >= 4 is 0 Å². The highest BCUT2D eigenvalue weighted by Gasteiger charge is 2.19. The number of morpholine rings is 1. The molecule has 2 atom stereocenters. The Kier molecular flexibility index (Phi) is 3.82. The minimum atomic E-state index is -0.681. The Morgan fingerprint density at radius 2 is 2.50 bits per heavy atom. The standard InChI is InChI=1S/C11H15FN2O2/c12-8-1-2-10(14-6-8)11(15)5-9-7-16-4-3-13-9/h1-2,6,9,11,13,15H,3-5,7H2. The Morgan fingerprint density at radius 1 is 1.62 bits per heavy atom. The minimum Gasteiger partial charge on any atom is -0.387 e. The monoisotopic (exact) mass is 226 g/mol. The molecule has 0 aromatic carbocycles. The van der Waals surface area contributed by atoms with Gasteiger partial charge in [0.15, 0.2) is 0 Å². The van der Waals surface area contributed by atoms with E-state index in [1.807, 2.05) is 0 Å². The Morgan fingerprint density at radius 3 is 3.12 bits per heavy atom. The second-order valence-electron chi connectivity index (χ2n) is 3.88. The molecule has 1 aliphatic rings. The zero-order chi connectivity index (χ0) is 11.4. The van der Waals surface area contributed by atoms with Crippen LogP contribution in [0, 0.1) is 5.82 Å². The highest BCUT2D eigenvalue weighted by Crippen LogP contribution is 2.17. The first-order chi connectivity index (χ1) is 7.75. The van der Waals surface area contributed by atoms with Crippen molar-refractivity contribution in [3.8, 4) is 0 Å². The Labute approximate surface area is 93.5 Å². The summed E-state index contributed by atoms with van der Waals surface area (Å²) in [6.45, 7) is 2.11. The number of nitrogens with one attached hydrogen (secondary N) is 1. The third kappa shape index (κ3) is 2.98. The summed E-state index contributed by atoms with van der Waals surface area (Å²) in [6.07, 6.45) is 0.960. The van der Waals surface area contributed by atoms with Gasteiger partial charge in [0.2, 0.25) is 0 Å². The van der Waals surface area contributed by atoms with Gasteiger partial charge in [0.1, 0.15) is 5.82 Å². The number of aliphatic hydroxyl groups is 1. The van der Waals surface area contributed by atoms with Gasteiger partial charge < -0.3 is 15.2 Å². The fraction of sp³-hybridized carbons (Fsp3) is 0.545. The van der Waals surface area contributed by atoms with Gasteiger partial charge in [-0.25, -0.2) is 4.39 Å². The summed E-state index contributed by atoms with van der Waals surface area (Å²) in [5, 5.41) is 13.1. The number of nitrogens with zero attached hydrogens (tertiary/aromatic N) is 1. The number of halogens is 1. The van der Waals surface area contributed by atoms with Crippen LogP contribution in [0.15, 0.2) is 18.3 Å². The molecule has 1 aliphatic heterocycles. The topological polar surface area (TPSA) is 54.4 Å². The van der Waals surface area contributed by atoms with Crippen LogP contribution in [0.4, 0.5) is 4.39 Å². The van der Waals surface area contributed by atoms with Crippen molar-refractivity contribution in [1.82, 2.24) is 10.3 Å². The molecule has 2 unspecified atom stereocenters. The lowest BCUT2D eigenvalue weighted by Gasteiger charge is -2.25. The van der Waals surface area contributed by atoms with E-state index in [4.69, 9.17) is 4.74 Å². The average molecular weight is 226 g/mol. The summed E-state index contributed by atoms with van der Waals surface area (Å²) >= 11 is 0. The van der Waals surface area contributed by atoms with E-state index >= 15 is 0 Å². The SMILES string of the molecule is OC(CC1COCCN1)c1ccc(F)cn1. The lowest BCUT2D eigenvalue weighted by atomic mass is 10.1. The quantitative estimate of drug-likeness (QED) is 0.794.